The van der Waals surface area contributed by atoms with Crippen molar-refractivity contribution in [1.29, 1.82) is 0 Å². The molecule has 4 nitrogen and oxygen atoms in total. The van der Waals surface area contributed by atoms with Crippen molar-refractivity contribution in [3.05, 3.63) is 66.0 Å². The normalized spacial score (nSPS) is 10.2. The Bertz CT molecular complexity index is 514. The number of rotatable bonds is 7. The number of carbonyl (C=O) groups excluding carboxylic acids is 1. The van der Waals surface area contributed by atoms with Gasteiger partial charge in [-0.1, -0.05) is 30.3 Å². The molecule has 0 aliphatic heterocycles. The standard InChI is InChI=1S/C16H19N3O/c20-16(15-7-11-17-12-8-15)19-10-4-9-18-13-14-5-2-1-3-6-14/h1-3,5-8,11-12,18H,4,9-10,13H2,(H,19,20)/p+1. The number of quaternary nitrogens is 1. The Hall–Kier alpha value is -2.20. The van der Waals surface area contributed by atoms with E-state index in [2.05, 4.69) is 39.9 Å². The Morgan fingerprint density at radius 3 is 2.60 bits per heavy atom. The summed E-state index contributed by atoms with van der Waals surface area (Å²) in [5.74, 6) is -0.0320. The van der Waals surface area contributed by atoms with Gasteiger partial charge in [-0.25, -0.2) is 0 Å². The van der Waals surface area contributed by atoms with Gasteiger partial charge in [-0.05, 0) is 12.1 Å². The number of pyridine rings is 1. The molecule has 1 aromatic carbocycles. The van der Waals surface area contributed by atoms with Crippen molar-refractivity contribution in [1.82, 2.24) is 10.3 Å². The Labute approximate surface area is 119 Å². The molecule has 20 heavy (non-hydrogen) atoms. The molecule has 0 atom stereocenters. The van der Waals surface area contributed by atoms with E-state index in [-0.39, 0.29) is 5.91 Å². The SMILES string of the molecule is O=C(NCCC[NH2+]Cc1ccccc1)c1ccncc1. The van der Waals surface area contributed by atoms with Gasteiger partial charge in [-0.2, -0.15) is 0 Å². The summed E-state index contributed by atoms with van der Waals surface area (Å²) in [4.78, 5) is 15.6. The smallest absolute Gasteiger partial charge is 0.251 e. The number of nitrogens with zero attached hydrogens (tertiary/aromatic N) is 1. The molecule has 0 fully saturated rings. The van der Waals surface area contributed by atoms with Crippen LogP contribution in [0.2, 0.25) is 0 Å². The van der Waals surface area contributed by atoms with Crippen LogP contribution >= 0.6 is 0 Å². The van der Waals surface area contributed by atoms with Crippen LogP contribution in [0.3, 0.4) is 0 Å². The highest BCUT2D eigenvalue weighted by Gasteiger charge is 2.03. The van der Waals surface area contributed by atoms with Crippen LogP contribution < -0.4 is 10.6 Å². The monoisotopic (exact) mass is 270 g/mol. The van der Waals surface area contributed by atoms with Crippen LogP contribution in [0.1, 0.15) is 22.3 Å². The molecular weight excluding hydrogens is 250 g/mol. The third kappa shape index (κ3) is 4.82. The van der Waals surface area contributed by atoms with Gasteiger partial charge in [0.05, 0.1) is 6.54 Å². The van der Waals surface area contributed by atoms with Crippen LogP contribution in [-0.4, -0.2) is 24.0 Å². The minimum atomic E-state index is -0.0320. The quantitative estimate of drug-likeness (QED) is 0.736. The van der Waals surface area contributed by atoms with Gasteiger partial charge in [0, 0.05) is 36.5 Å². The van der Waals surface area contributed by atoms with Gasteiger partial charge in [0.25, 0.3) is 5.91 Å². The first-order chi connectivity index (χ1) is 9.86. The van der Waals surface area contributed by atoms with Gasteiger partial charge in [-0.3, -0.25) is 9.78 Å². The Balaban J connectivity index is 1.57. The number of amides is 1. The Morgan fingerprint density at radius 2 is 1.85 bits per heavy atom. The van der Waals surface area contributed by atoms with Crippen LogP contribution in [0.5, 0.6) is 0 Å². The van der Waals surface area contributed by atoms with Crippen molar-refractivity contribution in [2.75, 3.05) is 13.1 Å². The van der Waals surface area contributed by atoms with Gasteiger partial charge in [0.15, 0.2) is 0 Å². The maximum Gasteiger partial charge on any atom is 0.251 e. The highest BCUT2D eigenvalue weighted by Crippen LogP contribution is 1.95. The molecule has 0 bridgehead atoms. The minimum absolute atomic E-state index is 0.0320. The van der Waals surface area contributed by atoms with E-state index in [9.17, 15) is 4.79 Å². The lowest BCUT2D eigenvalue weighted by atomic mass is 10.2. The van der Waals surface area contributed by atoms with Crippen LogP contribution in [0.25, 0.3) is 0 Å². The number of nitrogens with one attached hydrogen (secondary N) is 1. The van der Waals surface area contributed by atoms with E-state index in [4.69, 9.17) is 0 Å². The average molecular weight is 270 g/mol. The second kappa shape index (κ2) is 8.07. The zero-order valence-electron chi connectivity index (χ0n) is 11.5. The van der Waals surface area contributed by atoms with Crippen LogP contribution in [-0.2, 0) is 6.54 Å². The molecule has 0 radical (unpaired) electrons. The molecule has 0 aliphatic rings. The van der Waals surface area contributed by atoms with Crippen molar-refractivity contribution in [2.45, 2.75) is 13.0 Å². The molecule has 1 aromatic heterocycles. The summed E-state index contributed by atoms with van der Waals surface area (Å²) in [6, 6.07) is 13.8. The van der Waals surface area contributed by atoms with E-state index in [1.807, 2.05) is 6.07 Å². The lowest BCUT2D eigenvalue weighted by Gasteiger charge is -2.05. The summed E-state index contributed by atoms with van der Waals surface area (Å²) in [5.41, 5.74) is 1.99. The molecule has 4 heteroatoms. The predicted octanol–water partition coefficient (Wildman–Crippen LogP) is 0.965. The van der Waals surface area contributed by atoms with Crippen LogP contribution in [0, 0.1) is 0 Å². The molecule has 2 aromatic rings. The van der Waals surface area contributed by atoms with Crippen LogP contribution in [0.4, 0.5) is 0 Å². The predicted molar refractivity (Wildman–Crippen MR) is 78.1 cm³/mol. The molecule has 0 saturated heterocycles. The molecule has 104 valence electrons. The summed E-state index contributed by atoms with van der Waals surface area (Å²) in [6.45, 7) is 2.69. The lowest BCUT2D eigenvalue weighted by molar-refractivity contribution is -0.670. The van der Waals surface area contributed by atoms with Gasteiger partial charge in [0.1, 0.15) is 6.54 Å². The fourth-order valence-electron chi connectivity index (χ4n) is 1.94. The molecule has 0 saturated carbocycles. The average Bonchev–Trinajstić information content (AvgIpc) is 2.52. The van der Waals surface area contributed by atoms with E-state index in [1.54, 1.807) is 24.5 Å². The first-order valence-electron chi connectivity index (χ1n) is 6.90. The van der Waals surface area contributed by atoms with Gasteiger partial charge in [-0.15, -0.1) is 0 Å². The summed E-state index contributed by atoms with van der Waals surface area (Å²) < 4.78 is 0. The lowest BCUT2D eigenvalue weighted by Crippen LogP contribution is -2.82. The van der Waals surface area contributed by atoms with E-state index >= 15 is 0 Å². The molecule has 3 N–H and O–H groups in total. The largest absolute Gasteiger partial charge is 0.352 e. The number of aromatic nitrogens is 1. The summed E-state index contributed by atoms with van der Waals surface area (Å²) in [7, 11) is 0. The van der Waals surface area contributed by atoms with Crippen molar-refractivity contribution < 1.29 is 10.1 Å². The molecule has 0 unspecified atom stereocenters. The Kier molecular flexibility index (Phi) is 5.73. The Morgan fingerprint density at radius 1 is 1.10 bits per heavy atom. The number of nitrogens with two attached hydrogens (primary N) is 1. The molecule has 1 amide bonds. The van der Waals surface area contributed by atoms with Crippen molar-refractivity contribution in [3.8, 4) is 0 Å². The first-order valence-corrected chi connectivity index (χ1v) is 6.90. The van der Waals surface area contributed by atoms with Gasteiger partial charge in [0.2, 0.25) is 0 Å². The maximum atomic E-state index is 11.7. The number of carbonyl (C=O) groups is 1. The summed E-state index contributed by atoms with van der Waals surface area (Å²) in [5, 5.41) is 5.17. The van der Waals surface area contributed by atoms with Crippen molar-refractivity contribution in [2.24, 2.45) is 0 Å². The minimum Gasteiger partial charge on any atom is -0.352 e. The highest BCUT2D eigenvalue weighted by molar-refractivity contribution is 5.93. The van der Waals surface area contributed by atoms with Crippen molar-refractivity contribution in [3.63, 3.8) is 0 Å². The van der Waals surface area contributed by atoms with Crippen molar-refractivity contribution >= 4 is 5.91 Å². The fraction of sp³-hybridized carbons (Fsp3) is 0.250. The van der Waals surface area contributed by atoms with E-state index in [0.717, 1.165) is 19.5 Å². The number of hydrogen-bond acceptors (Lipinski definition) is 2. The highest BCUT2D eigenvalue weighted by atomic mass is 16.1. The van der Waals surface area contributed by atoms with E-state index in [1.165, 1.54) is 5.56 Å². The summed E-state index contributed by atoms with van der Waals surface area (Å²) in [6.07, 6.45) is 4.22. The first kappa shape index (κ1) is 14.2. The third-order valence-electron chi connectivity index (χ3n) is 3.04. The topological polar surface area (TPSA) is 58.6 Å². The number of hydrogen-bond donors (Lipinski definition) is 2. The van der Waals surface area contributed by atoms with Gasteiger partial charge < -0.3 is 10.6 Å². The van der Waals surface area contributed by atoms with E-state index in [0.29, 0.717) is 12.1 Å². The molecular formula is C16H20N3O+. The zero-order valence-corrected chi connectivity index (χ0v) is 11.5. The van der Waals surface area contributed by atoms with E-state index < -0.39 is 0 Å². The molecule has 1 heterocycles. The second-order valence-corrected chi connectivity index (χ2v) is 4.61. The maximum absolute atomic E-state index is 11.7. The fourth-order valence-corrected chi connectivity index (χ4v) is 1.94. The second-order valence-electron chi connectivity index (χ2n) is 4.61. The van der Waals surface area contributed by atoms with Gasteiger partial charge >= 0.3 is 0 Å². The molecule has 0 aliphatic carbocycles. The zero-order chi connectivity index (χ0) is 14.0. The summed E-state index contributed by atoms with van der Waals surface area (Å²) >= 11 is 0. The third-order valence-corrected chi connectivity index (χ3v) is 3.04. The molecule has 2 rings (SSSR count). The number of benzene rings is 1. The van der Waals surface area contributed by atoms with Crippen LogP contribution in [0.15, 0.2) is 54.9 Å². The molecule has 0 spiro atoms.